The van der Waals surface area contributed by atoms with Gasteiger partial charge in [-0.1, -0.05) is 11.6 Å². The van der Waals surface area contributed by atoms with E-state index in [1.807, 2.05) is 13.8 Å². The lowest BCUT2D eigenvalue weighted by Crippen LogP contribution is -2.15. The van der Waals surface area contributed by atoms with Crippen LogP contribution in [0.25, 0.3) is 0 Å². The minimum absolute atomic E-state index is 0.230. The molecule has 0 aliphatic carbocycles. The molecule has 6 heteroatoms. The summed E-state index contributed by atoms with van der Waals surface area (Å²) in [5, 5.41) is 3.35. The summed E-state index contributed by atoms with van der Waals surface area (Å²) in [5.74, 6) is 1.07. The number of aromatic nitrogens is 2. The van der Waals surface area contributed by atoms with Crippen LogP contribution in [0.5, 0.6) is 0 Å². The van der Waals surface area contributed by atoms with Gasteiger partial charge in [-0.2, -0.15) is 0 Å². The Morgan fingerprint density at radius 3 is 2.67 bits per heavy atom. The fraction of sp³-hybridized carbons (Fsp3) is 0.556. The number of methoxy groups -OCH3 is 1. The van der Waals surface area contributed by atoms with E-state index in [4.69, 9.17) is 22.1 Å². The Labute approximate surface area is 94.0 Å². The molecule has 0 radical (unpaired) electrons. The number of nitrogens with two attached hydrogens (primary N) is 1. The molecule has 15 heavy (non-hydrogen) atoms. The van der Waals surface area contributed by atoms with Crippen LogP contribution in [0.15, 0.2) is 0 Å². The molecule has 0 aliphatic heterocycles. The van der Waals surface area contributed by atoms with Crippen molar-refractivity contribution in [1.29, 1.82) is 0 Å². The largest absolute Gasteiger partial charge is 0.393 e. The highest BCUT2D eigenvalue weighted by Crippen LogP contribution is 2.24. The number of ether oxygens (including phenoxy) is 1. The smallest absolute Gasteiger partial charge is 0.158 e. The highest BCUT2D eigenvalue weighted by molar-refractivity contribution is 6.32. The van der Waals surface area contributed by atoms with E-state index < -0.39 is 0 Å². The lowest BCUT2D eigenvalue weighted by molar-refractivity contribution is 0.178. The van der Waals surface area contributed by atoms with E-state index >= 15 is 0 Å². The third kappa shape index (κ3) is 3.21. The highest BCUT2D eigenvalue weighted by atomic mass is 35.5. The average molecular weight is 231 g/mol. The highest BCUT2D eigenvalue weighted by Gasteiger charge is 2.10. The first-order valence-corrected chi connectivity index (χ1v) is 4.99. The first-order valence-electron chi connectivity index (χ1n) is 4.62. The van der Waals surface area contributed by atoms with Crippen molar-refractivity contribution in [3.8, 4) is 0 Å². The van der Waals surface area contributed by atoms with Gasteiger partial charge in [0, 0.05) is 13.2 Å². The summed E-state index contributed by atoms with van der Waals surface area (Å²) in [5.41, 5.74) is 6.10. The number of halogens is 1. The third-order valence-electron chi connectivity index (χ3n) is 1.64. The van der Waals surface area contributed by atoms with Crippen LogP contribution in [0.1, 0.15) is 19.7 Å². The maximum Gasteiger partial charge on any atom is 0.158 e. The molecule has 0 bridgehead atoms. The monoisotopic (exact) mass is 230 g/mol. The molecule has 1 heterocycles. The van der Waals surface area contributed by atoms with Crippen molar-refractivity contribution in [3.05, 3.63) is 11.0 Å². The minimum atomic E-state index is 0.230. The van der Waals surface area contributed by atoms with E-state index in [0.717, 1.165) is 0 Å². The van der Waals surface area contributed by atoms with Gasteiger partial charge in [0.15, 0.2) is 16.8 Å². The van der Waals surface area contributed by atoms with Gasteiger partial charge in [-0.3, -0.25) is 0 Å². The Morgan fingerprint density at radius 1 is 1.47 bits per heavy atom. The molecule has 5 nitrogen and oxygen atoms in total. The van der Waals surface area contributed by atoms with Crippen LogP contribution in [0, 0.1) is 0 Å². The zero-order valence-electron chi connectivity index (χ0n) is 9.04. The first-order chi connectivity index (χ1) is 7.04. The van der Waals surface area contributed by atoms with Crippen molar-refractivity contribution in [2.45, 2.75) is 26.5 Å². The van der Waals surface area contributed by atoms with Gasteiger partial charge < -0.3 is 15.8 Å². The molecular weight excluding hydrogens is 216 g/mol. The van der Waals surface area contributed by atoms with E-state index in [-0.39, 0.29) is 11.2 Å². The van der Waals surface area contributed by atoms with Crippen LogP contribution in [0.3, 0.4) is 0 Å². The number of nitrogens with one attached hydrogen (secondary N) is 1. The molecule has 0 fully saturated rings. The Bertz CT molecular complexity index is 343. The van der Waals surface area contributed by atoms with Crippen LogP contribution in [-0.2, 0) is 11.3 Å². The molecule has 0 saturated carbocycles. The summed E-state index contributed by atoms with van der Waals surface area (Å²) in [4.78, 5) is 8.20. The lowest BCUT2D eigenvalue weighted by Gasteiger charge is -2.13. The van der Waals surface area contributed by atoms with E-state index in [9.17, 15) is 0 Å². The molecule has 1 aromatic heterocycles. The zero-order valence-corrected chi connectivity index (χ0v) is 9.80. The molecule has 0 saturated heterocycles. The lowest BCUT2D eigenvalue weighted by atomic mass is 10.3. The Morgan fingerprint density at radius 2 is 2.13 bits per heavy atom. The maximum atomic E-state index is 5.87. The van der Waals surface area contributed by atoms with Crippen molar-refractivity contribution in [3.63, 3.8) is 0 Å². The Hall–Kier alpha value is -1.07. The van der Waals surface area contributed by atoms with Gasteiger partial charge in [-0.05, 0) is 13.8 Å². The van der Waals surface area contributed by atoms with E-state index in [1.165, 1.54) is 0 Å². The second kappa shape index (κ2) is 5.14. The van der Waals surface area contributed by atoms with Gasteiger partial charge in [0.25, 0.3) is 0 Å². The number of rotatable bonds is 4. The van der Waals surface area contributed by atoms with E-state index in [0.29, 0.717) is 23.9 Å². The molecule has 84 valence electrons. The van der Waals surface area contributed by atoms with Crippen LogP contribution in [0.4, 0.5) is 11.5 Å². The first kappa shape index (κ1) is 12.0. The second-order valence-corrected chi connectivity index (χ2v) is 3.78. The number of nitrogens with zero attached hydrogens (tertiary/aromatic N) is 2. The summed E-state index contributed by atoms with van der Waals surface area (Å²) in [7, 11) is 1.57. The van der Waals surface area contributed by atoms with Gasteiger partial charge in [-0.15, -0.1) is 0 Å². The van der Waals surface area contributed by atoms with Crippen molar-refractivity contribution in [2.75, 3.05) is 18.2 Å². The Kier molecular flexibility index (Phi) is 4.11. The van der Waals surface area contributed by atoms with Crippen molar-refractivity contribution in [1.82, 2.24) is 9.97 Å². The van der Waals surface area contributed by atoms with Crippen LogP contribution in [0.2, 0.25) is 5.15 Å². The van der Waals surface area contributed by atoms with Crippen LogP contribution in [-0.4, -0.2) is 23.1 Å². The predicted molar refractivity (Wildman–Crippen MR) is 60.9 cm³/mol. The average Bonchev–Trinajstić information content (AvgIpc) is 2.13. The standard InChI is InChI=1S/C9H15ClN4O/c1-5(2)12-9-7(11)8(10)13-6(14-9)4-15-3/h5H,4,11H2,1-3H3,(H,12,13,14). The fourth-order valence-electron chi connectivity index (χ4n) is 1.06. The molecule has 0 aliphatic rings. The van der Waals surface area contributed by atoms with Crippen LogP contribution >= 0.6 is 11.6 Å². The number of nitrogen functional groups attached to an aromatic ring is 1. The molecule has 0 amide bonds. The SMILES string of the molecule is COCc1nc(Cl)c(N)c(NC(C)C)n1. The van der Waals surface area contributed by atoms with Gasteiger partial charge in [0.05, 0.1) is 0 Å². The topological polar surface area (TPSA) is 73.1 Å². The van der Waals surface area contributed by atoms with Crippen molar-refractivity contribution in [2.24, 2.45) is 0 Å². The van der Waals surface area contributed by atoms with Crippen LogP contribution < -0.4 is 11.1 Å². The molecule has 3 N–H and O–H groups in total. The zero-order chi connectivity index (χ0) is 11.4. The molecule has 0 spiro atoms. The molecule has 1 rings (SSSR count). The number of hydrogen-bond donors (Lipinski definition) is 2. The molecule has 0 unspecified atom stereocenters. The quantitative estimate of drug-likeness (QED) is 0.770. The summed E-state index contributed by atoms with van der Waals surface area (Å²) in [6.45, 7) is 4.30. The number of anilines is 2. The Balaban J connectivity index is 3.01. The van der Waals surface area contributed by atoms with Crippen molar-refractivity contribution < 1.29 is 4.74 Å². The fourth-order valence-corrected chi connectivity index (χ4v) is 1.25. The molecule has 0 atom stereocenters. The maximum absolute atomic E-state index is 5.87. The molecule has 0 aromatic carbocycles. The summed E-state index contributed by atoms with van der Waals surface area (Å²) in [6.07, 6.45) is 0. The van der Waals surface area contributed by atoms with Gasteiger partial charge >= 0.3 is 0 Å². The number of hydrogen-bond acceptors (Lipinski definition) is 5. The van der Waals surface area contributed by atoms with Gasteiger partial charge in [0.2, 0.25) is 0 Å². The third-order valence-corrected chi connectivity index (χ3v) is 1.93. The summed E-state index contributed by atoms with van der Waals surface area (Å²) in [6, 6.07) is 0.230. The van der Waals surface area contributed by atoms with E-state index in [1.54, 1.807) is 7.11 Å². The van der Waals surface area contributed by atoms with Gasteiger partial charge in [0.1, 0.15) is 12.3 Å². The minimum Gasteiger partial charge on any atom is -0.393 e. The molecular formula is C9H15ClN4O. The predicted octanol–water partition coefficient (Wildman–Crippen LogP) is 1.68. The van der Waals surface area contributed by atoms with Gasteiger partial charge in [-0.25, -0.2) is 9.97 Å². The molecule has 1 aromatic rings. The summed E-state index contributed by atoms with van der Waals surface area (Å²) >= 11 is 5.87. The van der Waals surface area contributed by atoms with E-state index in [2.05, 4.69) is 15.3 Å². The summed E-state index contributed by atoms with van der Waals surface area (Å²) < 4.78 is 4.93. The normalized spacial score (nSPS) is 10.7. The van der Waals surface area contributed by atoms with Crippen molar-refractivity contribution >= 4 is 23.1 Å². The second-order valence-electron chi connectivity index (χ2n) is 3.42.